The Morgan fingerprint density at radius 1 is 1.14 bits per heavy atom. The number of hydrogen-bond acceptors (Lipinski definition) is 3. The normalized spacial score (nSPS) is 13.8. The van der Waals surface area contributed by atoms with Crippen LogP contribution in [0.5, 0.6) is 0 Å². The first-order chi connectivity index (χ1) is 10.5. The smallest absolute Gasteiger partial charge is 0.278 e. The molecule has 2 heterocycles. The monoisotopic (exact) mass is 302 g/mol. The van der Waals surface area contributed by atoms with Gasteiger partial charge in [-0.05, 0) is 18.2 Å². The number of nitrogens with one attached hydrogen (secondary N) is 1. The average molecular weight is 302 g/mol. The van der Waals surface area contributed by atoms with Crippen LogP contribution in [-0.4, -0.2) is 20.2 Å². The SMILES string of the molecule is FC(F)(F)c1cc(-c2cnc3c(n2)C=CC3)c2cn[nH]c2c1. The van der Waals surface area contributed by atoms with E-state index in [1.165, 1.54) is 12.4 Å². The van der Waals surface area contributed by atoms with Crippen molar-refractivity contribution in [1.29, 1.82) is 0 Å². The van der Waals surface area contributed by atoms with E-state index < -0.39 is 11.7 Å². The van der Waals surface area contributed by atoms with E-state index in [1.54, 1.807) is 0 Å². The Morgan fingerprint density at radius 3 is 2.82 bits per heavy atom. The van der Waals surface area contributed by atoms with E-state index in [0.29, 0.717) is 34.3 Å². The Labute approximate surface area is 122 Å². The maximum Gasteiger partial charge on any atom is 0.416 e. The summed E-state index contributed by atoms with van der Waals surface area (Å²) < 4.78 is 39.2. The molecule has 22 heavy (non-hydrogen) atoms. The van der Waals surface area contributed by atoms with Crippen molar-refractivity contribution in [1.82, 2.24) is 20.2 Å². The molecular formula is C15H9F3N4. The second kappa shape index (κ2) is 4.40. The van der Waals surface area contributed by atoms with Gasteiger partial charge in [0.1, 0.15) is 0 Å². The van der Waals surface area contributed by atoms with E-state index in [9.17, 15) is 13.2 Å². The van der Waals surface area contributed by atoms with Crippen molar-refractivity contribution in [2.45, 2.75) is 12.6 Å². The lowest BCUT2D eigenvalue weighted by Gasteiger charge is -2.10. The number of aromatic amines is 1. The molecule has 1 aromatic carbocycles. The number of allylic oxidation sites excluding steroid dienone is 1. The van der Waals surface area contributed by atoms with Gasteiger partial charge in [0, 0.05) is 17.4 Å². The lowest BCUT2D eigenvalue weighted by molar-refractivity contribution is -0.137. The predicted molar refractivity (Wildman–Crippen MR) is 74.9 cm³/mol. The minimum absolute atomic E-state index is 0.322. The summed E-state index contributed by atoms with van der Waals surface area (Å²) in [6.45, 7) is 0. The molecule has 3 aromatic rings. The summed E-state index contributed by atoms with van der Waals surface area (Å²) in [6.07, 6.45) is 3.02. The first kappa shape index (κ1) is 13.0. The maximum absolute atomic E-state index is 13.1. The molecule has 0 radical (unpaired) electrons. The van der Waals surface area contributed by atoms with Gasteiger partial charge in [-0.2, -0.15) is 18.3 Å². The number of rotatable bonds is 1. The van der Waals surface area contributed by atoms with Crippen molar-refractivity contribution >= 4 is 17.0 Å². The van der Waals surface area contributed by atoms with Crippen LogP contribution in [0.2, 0.25) is 0 Å². The van der Waals surface area contributed by atoms with E-state index in [1.807, 2.05) is 12.2 Å². The lowest BCUT2D eigenvalue weighted by Crippen LogP contribution is -2.05. The van der Waals surface area contributed by atoms with Crippen LogP contribution in [0.3, 0.4) is 0 Å². The van der Waals surface area contributed by atoms with Crippen LogP contribution in [0.15, 0.2) is 30.6 Å². The topological polar surface area (TPSA) is 54.5 Å². The largest absolute Gasteiger partial charge is 0.416 e. The summed E-state index contributed by atoms with van der Waals surface area (Å²) in [6, 6.07) is 2.14. The van der Waals surface area contributed by atoms with Gasteiger partial charge in [-0.3, -0.25) is 10.1 Å². The molecule has 0 saturated heterocycles. The summed E-state index contributed by atoms with van der Waals surface area (Å²) in [7, 11) is 0. The number of hydrogen-bond donors (Lipinski definition) is 1. The highest BCUT2D eigenvalue weighted by atomic mass is 19.4. The molecule has 0 saturated carbocycles. The van der Waals surface area contributed by atoms with Gasteiger partial charge >= 0.3 is 6.18 Å². The molecule has 0 bridgehead atoms. The summed E-state index contributed by atoms with van der Waals surface area (Å²) in [4.78, 5) is 8.70. The Bertz CT molecular complexity index is 909. The first-order valence-electron chi connectivity index (χ1n) is 6.59. The highest BCUT2D eigenvalue weighted by Crippen LogP contribution is 2.36. The zero-order chi connectivity index (χ0) is 15.3. The molecule has 0 unspecified atom stereocenters. The van der Waals surface area contributed by atoms with Crippen LogP contribution in [0.25, 0.3) is 28.2 Å². The molecule has 0 aliphatic heterocycles. The Balaban J connectivity index is 1.97. The molecule has 0 spiro atoms. The average Bonchev–Trinajstić information content (AvgIpc) is 3.13. The van der Waals surface area contributed by atoms with Crippen LogP contribution < -0.4 is 0 Å². The Kier molecular flexibility index (Phi) is 2.60. The van der Waals surface area contributed by atoms with Crippen molar-refractivity contribution in [3.05, 3.63) is 47.6 Å². The molecule has 110 valence electrons. The molecule has 1 aliphatic rings. The molecule has 1 aliphatic carbocycles. The second-order valence-electron chi connectivity index (χ2n) is 5.05. The van der Waals surface area contributed by atoms with Gasteiger partial charge in [0.05, 0.1) is 40.6 Å². The predicted octanol–water partition coefficient (Wildman–Crippen LogP) is 3.61. The van der Waals surface area contributed by atoms with Crippen LogP contribution in [0.1, 0.15) is 17.0 Å². The molecule has 1 N–H and O–H groups in total. The van der Waals surface area contributed by atoms with Crippen molar-refractivity contribution in [2.24, 2.45) is 0 Å². The van der Waals surface area contributed by atoms with Gasteiger partial charge in [-0.1, -0.05) is 6.08 Å². The fraction of sp³-hybridized carbons (Fsp3) is 0.133. The first-order valence-corrected chi connectivity index (χ1v) is 6.59. The number of nitrogens with zero attached hydrogens (tertiary/aromatic N) is 3. The van der Waals surface area contributed by atoms with Crippen LogP contribution in [0.4, 0.5) is 13.2 Å². The molecule has 2 aromatic heterocycles. The van der Waals surface area contributed by atoms with E-state index >= 15 is 0 Å². The van der Waals surface area contributed by atoms with Crippen molar-refractivity contribution in [3.8, 4) is 11.3 Å². The van der Waals surface area contributed by atoms with Crippen molar-refractivity contribution in [3.63, 3.8) is 0 Å². The summed E-state index contributed by atoms with van der Waals surface area (Å²) in [5, 5.41) is 7.00. The fourth-order valence-electron chi connectivity index (χ4n) is 2.56. The van der Waals surface area contributed by atoms with E-state index in [-0.39, 0.29) is 0 Å². The van der Waals surface area contributed by atoms with Gasteiger partial charge in [-0.15, -0.1) is 0 Å². The molecule has 0 atom stereocenters. The highest BCUT2D eigenvalue weighted by molar-refractivity contribution is 5.94. The maximum atomic E-state index is 13.1. The summed E-state index contributed by atoms with van der Waals surface area (Å²) >= 11 is 0. The van der Waals surface area contributed by atoms with Crippen molar-refractivity contribution < 1.29 is 13.2 Å². The zero-order valence-electron chi connectivity index (χ0n) is 11.1. The standard InChI is InChI=1S/C15H9F3N4/c16-15(17,18)8-4-9(10-6-20-22-13(10)5-8)14-7-19-11-2-1-3-12(11)21-14/h1,3-7H,2H2,(H,20,22). The van der Waals surface area contributed by atoms with Gasteiger partial charge in [0.25, 0.3) is 0 Å². The number of alkyl halides is 3. The van der Waals surface area contributed by atoms with Gasteiger partial charge in [0.15, 0.2) is 0 Å². The molecule has 0 amide bonds. The van der Waals surface area contributed by atoms with Gasteiger partial charge < -0.3 is 0 Å². The quantitative estimate of drug-likeness (QED) is 0.747. The third-order valence-electron chi connectivity index (χ3n) is 3.63. The third kappa shape index (κ3) is 1.97. The van der Waals surface area contributed by atoms with E-state index in [2.05, 4.69) is 20.2 Å². The molecule has 0 fully saturated rings. The minimum atomic E-state index is -4.43. The van der Waals surface area contributed by atoms with Crippen LogP contribution in [0, 0.1) is 0 Å². The lowest BCUT2D eigenvalue weighted by atomic mass is 10.0. The molecular weight excluding hydrogens is 293 g/mol. The number of H-pyrrole nitrogens is 1. The number of fused-ring (bicyclic) bond motifs is 2. The number of aromatic nitrogens is 4. The molecule has 7 heteroatoms. The summed E-state index contributed by atoms with van der Waals surface area (Å²) in [5.74, 6) is 0. The number of benzene rings is 1. The molecule has 4 rings (SSSR count). The summed E-state index contributed by atoms with van der Waals surface area (Å²) in [5.41, 5.74) is 1.89. The van der Waals surface area contributed by atoms with Crippen molar-refractivity contribution in [2.75, 3.05) is 0 Å². The van der Waals surface area contributed by atoms with Gasteiger partial charge in [0.2, 0.25) is 0 Å². The fourth-order valence-corrected chi connectivity index (χ4v) is 2.56. The number of halogens is 3. The van der Waals surface area contributed by atoms with E-state index in [4.69, 9.17) is 0 Å². The Hall–Kier alpha value is -2.70. The minimum Gasteiger partial charge on any atom is -0.278 e. The molecule has 4 nitrogen and oxygen atoms in total. The Morgan fingerprint density at radius 2 is 2.00 bits per heavy atom. The zero-order valence-corrected chi connectivity index (χ0v) is 11.1. The van der Waals surface area contributed by atoms with Gasteiger partial charge in [-0.25, -0.2) is 4.98 Å². The van der Waals surface area contributed by atoms with E-state index in [0.717, 1.165) is 17.8 Å². The third-order valence-corrected chi connectivity index (χ3v) is 3.63. The van der Waals surface area contributed by atoms with Crippen LogP contribution >= 0.6 is 0 Å². The highest BCUT2D eigenvalue weighted by Gasteiger charge is 2.32. The van der Waals surface area contributed by atoms with Crippen LogP contribution in [-0.2, 0) is 12.6 Å². The second-order valence-corrected chi connectivity index (χ2v) is 5.05.